The van der Waals surface area contributed by atoms with Gasteiger partial charge in [-0.05, 0) is 24.6 Å². The minimum absolute atomic E-state index is 0.981. The van der Waals surface area contributed by atoms with Gasteiger partial charge in [0.1, 0.15) is 0 Å². The van der Waals surface area contributed by atoms with E-state index in [1.165, 1.54) is 5.57 Å². The van der Waals surface area contributed by atoms with Crippen LogP contribution >= 0.6 is 0 Å². The first-order valence-corrected chi connectivity index (χ1v) is 7.09. The summed E-state index contributed by atoms with van der Waals surface area (Å²) in [5.41, 5.74) is 5.43. The molecule has 2 aromatic carbocycles. The second kappa shape index (κ2) is 6.19. The van der Waals surface area contributed by atoms with Crippen molar-refractivity contribution in [3.63, 3.8) is 0 Å². The Morgan fingerprint density at radius 2 is 1.38 bits per heavy atom. The zero-order valence-corrected chi connectivity index (χ0v) is 12.0. The van der Waals surface area contributed by atoms with Gasteiger partial charge in [-0.1, -0.05) is 72.8 Å². The molecule has 1 nitrogen and oxygen atoms in total. The van der Waals surface area contributed by atoms with Gasteiger partial charge in [-0.2, -0.15) is 0 Å². The summed E-state index contributed by atoms with van der Waals surface area (Å²) in [4.78, 5) is 4.88. The van der Waals surface area contributed by atoms with Crippen molar-refractivity contribution in [2.24, 2.45) is 4.99 Å². The van der Waals surface area contributed by atoms with Gasteiger partial charge in [-0.25, -0.2) is 4.99 Å². The SMILES string of the molecule is CC1=CC(c2ccccc2)=N/C(c2ccccc2)=C\C=C1. The Kier molecular flexibility index (Phi) is 3.92. The van der Waals surface area contributed by atoms with Crippen LogP contribution in [0, 0.1) is 0 Å². The molecule has 0 atom stereocenters. The summed E-state index contributed by atoms with van der Waals surface area (Å²) in [6, 6.07) is 20.6. The number of hydrogen-bond acceptors (Lipinski definition) is 1. The van der Waals surface area contributed by atoms with Gasteiger partial charge < -0.3 is 0 Å². The highest BCUT2D eigenvalue weighted by atomic mass is 14.8. The maximum atomic E-state index is 4.88. The minimum atomic E-state index is 0.981. The molecule has 0 spiro atoms. The first-order chi connectivity index (χ1) is 10.3. The molecule has 0 N–H and O–H groups in total. The van der Waals surface area contributed by atoms with E-state index in [-0.39, 0.29) is 0 Å². The van der Waals surface area contributed by atoms with Crippen molar-refractivity contribution in [1.29, 1.82) is 0 Å². The molecule has 0 aromatic heterocycles. The molecule has 0 radical (unpaired) electrons. The van der Waals surface area contributed by atoms with Crippen LogP contribution in [0.25, 0.3) is 5.70 Å². The molecular formula is C20H17N. The van der Waals surface area contributed by atoms with Crippen molar-refractivity contribution >= 4 is 11.4 Å². The number of aliphatic imine (C=N–C) groups is 1. The van der Waals surface area contributed by atoms with Crippen LogP contribution in [0.4, 0.5) is 0 Å². The average Bonchev–Trinajstić information content (AvgIpc) is 2.52. The predicted molar refractivity (Wildman–Crippen MR) is 90.3 cm³/mol. The standard InChI is InChI=1S/C20H17N/c1-16-9-8-14-19(17-10-4-2-5-11-17)21-20(15-16)18-12-6-3-7-13-18/h2-15H,1H3/b9-8?,14-8?,16-9?,16-15?,19-14-,20-15?,21-19?,21-20?. The lowest BCUT2D eigenvalue weighted by atomic mass is 10.0. The first-order valence-electron chi connectivity index (χ1n) is 7.09. The molecular weight excluding hydrogens is 254 g/mol. The molecule has 1 aliphatic heterocycles. The van der Waals surface area contributed by atoms with E-state index in [4.69, 9.17) is 4.99 Å². The third kappa shape index (κ3) is 3.26. The van der Waals surface area contributed by atoms with Crippen molar-refractivity contribution in [1.82, 2.24) is 0 Å². The van der Waals surface area contributed by atoms with Crippen molar-refractivity contribution < 1.29 is 0 Å². The van der Waals surface area contributed by atoms with Gasteiger partial charge in [0.2, 0.25) is 0 Å². The highest BCUT2D eigenvalue weighted by Crippen LogP contribution is 2.20. The van der Waals surface area contributed by atoms with Gasteiger partial charge in [0.25, 0.3) is 0 Å². The Labute approximate surface area is 125 Å². The van der Waals surface area contributed by atoms with E-state index in [0.29, 0.717) is 0 Å². The van der Waals surface area contributed by atoms with Gasteiger partial charge in [-0.3, -0.25) is 0 Å². The summed E-state index contributed by atoms with van der Waals surface area (Å²) in [7, 11) is 0. The quantitative estimate of drug-likeness (QED) is 0.726. The average molecular weight is 271 g/mol. The van der Waals surface area contributed by atoms with Crippen LogP contribution in [0.3, 0.4) is 0 Å². The molecule has 102 valence electrons. The zero-order chi connectivity index (χ0) is 14.5. The molecule has 3 rings (SSSR count). The van der Waals surface area contributed by atoms with E-state index < -0.39 is 0 Å². The van der Waals surface area contributed by atoms with Gasteiger partial charge in [-0.15, -0.1) is 0 Å². The summed E-state index contributed by atoms with van der Waals surface area (Å²) in [5.74, 6) is 0. The van der Waals surface area contributed by atoms with Gasteiger partial charge in [0, 0.05) is 11.1 Å². The van der Waals surface area contributed by atoms with Crippen LogP contribution in [0.15, 0.2) is 95.5 Å². The number of benzene rings is 2. The third-order valence-corrected chi connectivity index (χ3v) is 3.36. The molecule has 1 aliphatic rings. The molecule has 0 unspecified atom stereocenters. The second-order valence-corrected chi connectivity index (χ2v) is 5.03. The van der Waals surface area contributed by atoms with Crippen LogP contribution in [-0.4, -0.2) is 5.71 Å². The largest absolute Gasteiger partial charge is 0.248 e. The van der Waals surface area contributed by atoms with Crippen molar-refractivity contribution in [3.8, 4) is 0 Å². The van der Waals surface area contributed by atoms with E-state index in [9.17, 15) is 0 Å². The summed E-state index contributed by atoms with van der Waals surface area (Å²) < 4.78 is 0. The van der Waals surface area contributed by atoms with Crippen LogP contribution in [0.2, 0.25) is 0 Å². The highest BCUT2D eigenvalue weighted by Gasteiger charge is 2.05. The fraction of sp³-hybridized carbons (Fsp3) is 0.0500. The van der Waals surface area contributed by atoms with Crippen LogP contribution in [-0.2, 0) is 0 Å². The molecule has 0 saturated heterocycles. The number of nitrogens with zero attached hydrogens (tertiary/aromatic N) is 1. The van der Waals surface area contributed by atoms with Gasteiger partial charge in [0.05, 0.1) is 11.4 Å². The molecule has 0 saturated carbocycles. The lowest BCUT2D eigenvalue weighted by Gasteiger charge is -2.08. The molecule has 0 bridgehead atoms. The fourth-order valence-electron chi connectivity index (χ4n) is 2.28. The maximum absolute atomic E-state index is 4.88. The van der Waals surface area contributed by atoms with Gasteiger partial charge in [0.15, 0.2) is 0 Å². The molecule has 0 aliphatic carbocycles. The van der Waals surface area contributed by atoms with E-state index in [0.717, 1.165) is 22.5 Å². The minimum Gasteiger partial charge on any atom is -0.248 e. The number of hydrogen-bond donors (Lipinski definition) is 0. The van der Waals surface area contributed by atoms with Gasteiger partial charge >= 0.3 is 0 Å². The molecule has 1 heterocycles. The predicted octanol–water partition coefficient (Wildman–Crippen LogP) is 5.03. The molecule has 1 heteroatoms. The normalized spacial score (nSPS) is 17.1. The van der Waals surface area contributed by atoms with E-state index >= 15 is 0 Å². The summed E-state index contributed by atoms with van der Waals surface area (Å²) >= 11 is 0. The van der Waals surface area contributed by atoms with Crippen LogP contribution in [0.1, 0.15) is 18.1 Å². The maximum Gasteiger partial charge on any atom is 0.0712 e. The molecule has 0 fully saturated rings. The number of rotatable bonds is 2. The Morgan fingerprint density at radius 1 is 0.762 bits per heavy atom. The van der Waals surface area contributed by atoms with Crippen molar-refractivity contribution in [3.05, 3.63) is 102 Å². The zero-order valence-electron chi connectivity index (χ0n) is 12.0. The smallest absolute Gasteiger partial charge is 0.0712 e. The van der Waals surface area contributed by atoms with Crippen LogP contribution < -0.4 is 0 Å². The molecule has 0 amide bonds. The van der Waals surface area contributed by atoms with E-state index in [2.05, 4.69) is 55.5 Å². The third-order valence-electron chi connectivity index (χ3n) is 3.36. The molecule has 2 aromatic rings. The second-order valence-electron chi connectivity index (χ2n) is 5.03. The monoisotopic (exact) mass is 271 g/mol. The lowest BCUT2D eigenvalue weighted by molar-refractivity contribution is 1.45. The Hall–Kier alpha value is -2.67. The van der Waals surface area contributed by atoms with E-state index in [1.54, 1.807) is 0 Å². The van der Waals surface area contributed by atoms with Crippen LogP contribution in [0.5, 0.6) is 0 Å². The summed E-state index contributed by atoms with van der Waals surface area (Å²) in [6.45, 7) is 2.09. The summed E-state index contributed by atoms with van der Waals surface area (Å²) in [6.07, 6.45) is 8.36. The number of allylic oxidation sites excluding steroid dienone is 5. The molecule has 21 heavy (non-hydrogen) atoms. The fourth-order valence-corrected chi connectivity index (χ4v) is 2.28. The lowest BCUT2D eigenvalue weighted by Crippen LogP contribution is -1.99. The van der Waals surface area contributed by atoms with Crippen molar-refractivity contribution in [2.75, 3.05) is 0 Å². The Bertz CT molecular complexity index is 732. The Morgan fingerprint density at radius 3 is 2.05 bits per heavy atom. The summed E-state index contributed by atoms with van der Waals surface area (Å²) in [5, 5.41) is 0. The topological polar surface area (TPSA) is 12.4 Å². The van der Waals surface area contributed by atoms with E-state index in [1.807, 2.05) is 36.4 Å². The first kappa shape index (κ1) is 13.3. The van der Waals surface area contributed by atoms with Crippen molar-refractivity contribution in [2.45, 2.75) is 6.92 Å². The highest BCUT2D eigenvalue weighted by molar-refractivity contribution is 6.11. The Balaban J connectivity index is 2.09.